The van der Waals surface area contributed by atoms with Crippen LogP contribution in [0.4, 0.5) is 11.4 Å². The van der Waals surface area contributed by atoms with E-state index < -0.39 is 27.2 Å². The van der Waals surface area contributed by atoms with Gasteiger partial charge in [-0.05, 0) is 0 Å². The Bertz CT molecular complexity index is 493. The molecule has 94 valence electrons. The minimum atomic E-state index is -0.887. The van der Waals surface area contributed by atoms with E-state index in [0.29, 0.717) is 0 Å². The number of ether oxygens (including phenoxy) is 1. The molecule has 0 saturated heterocycles. The monoisotopic (exact) mass is 252 g/mol. The SMILES string of the molecule is C=CCOC(=O)c1cc([N+](=O)[O-])cc([N+](=O)[O-])c1. The molecule has 0 radical (unpaired) electrons. The van der Waals surface area contributed by atoms with Gasteiger partial charge >= 0.3 is 5.97 Å². The average Bonchev–Trinajstić information content (AvgIpc) is 2.35. The first-order valence-electron chi connectivity index (χ1n) is 4.67. The van der Waals surface area contributed by atoms with Gasteiger partial charge in [-0.1, -0.05) is 12.7 Å². The molecule has 0 unspecified atom stereocenters. The van der Waals surface area contributed by atoms with E-state index in [1.54, 1.807) is 0 Å². The number of carbonyl (C=O) groups is 1. The number of nitro benzene ring substituents is 2. The Morgan fingerprint density at radius 3 is 2.11 bits per heavy atom. The quantitative estimate of drug-likeness (QED) is 0.342. The molecule has 8 nitrogen and oxygen atoms in total. The van der Waals surface area contributed by atoms with Crippen molar-refractivity contribution in [2.75, 3.05) is 6.61 Å². The van der Waals surface area contributed by atoms with E-state index >= 15 is 0 Å². The molecule has 1 rings (SSSR count). The van der Waals surface area contributed by atoms with Crippen molar-refractivity contribution in [1.82, 2.24) is 0 Å². The van der Waals surface area contributed by atoms with Crippen molar-refractivity contribution < 1.29 is 19.4 Å². The summed E-state index contributed by atoms with van der Waals surface area (Å²) in [4.78, 5) is 31.0. The molecular weight excluding hydrogens is 244 g/mol. The summed E-state index contributed by atoms with van der Waals surface area (Å²) in [7, 11) is 0. The number of esters is 1. The summed E-state index contributed by atoms with van der Waals surface area (Å²) in [5.41, 5.74) is -1.35. The van der Waals surface area contributed by atoms with Crippen LogP contribution in [0.2, 0.25) is 0 Å². The molecule has 0 aromatic heterocycles. The Balaban J connectivity index is 3.18. The second-order valence-electron chi connectivity index (χ2n) is 3.14. The highest BCUT2D eigenvalue weighted by Crippen LogP contribution is 2.23. The van der Waals surface area contributed by atoms with Crippen molar-refractivity contribution in [1.29, 1.82) is 0 Å². The largest absolute Gasteiger partial charge is 0.458 e. The lowest BCUT2D eigenvalue weighted by Gasteiger charge is -2.01. The van der Waals surface area contributed by atoms with Gasteiger partial charge in [-0.3, -0.25) is 20.2 Å². The molecule has 0 heterocycles. The van der Waals surface area contributed by atoms with Gasteiger partial charge in [0.25, 0.3) is 11.4 Å². The molecule has 0 aliphatic rings. The topological polar surface area (TPSA) is 113 Å². The fourth-order valence-electron chi connectivity index (χ4n) is 1.14. The van der Waals surface area contributed by atoms with Gasteiger partial charge in [-0.25, -0.2) is 4.79 Å². The fraction of sp³-hybridized carbons (Fsp3) is 0.100. The summed E-state index contributed by atoms with van der Waals surface area (Å²) in [5, 5.41) is 21.2. The molecule has 0 bridgehead atoms. The maximum absolute atomic E-state index is 11.4. The molecule has 0 atom stereocenters. The third kappa shape index (κ3) is 3.11. The lowest BCUT2D eigenvalue weighted by molar-refractivity contribution is -0.394. The Morgan fingerprint density at radius 2 is 1.72 bits per heavy atom. The number of non-ortho nitro benzene ring substituents is 2. The van der Waals surface area contributed by atoms with Gasteiger partial charge in [0.1, 0.15) is 6.61 Å². The molecule has 0 N–H and O–H groups in total. The van der Waals surface area contributed by atoms with Crippen LogP contribution in [0.1, 0.15) is 10.4 Å². The van der Waals surface area contributed by atoms with Crippen molar-refractivity contribution in [3.63, 3.8) is 0 Å². The van der Waals surface area contributed by atoms with Crippen LogP contribution in [0.15, 0.2) is 30.9 Å². The van der Waals surface area contributed by atoms with E-state index in [2.05, 4.69) is 11.3 Å². The lowest BCUT2D eigenvalue weighted by Crippen LogP contribution is -2.06. The van der Waals surface area contributed by atoms with Gasteiger partial charge in [0.05, 0.1) is 21.5 Å². The number of rotatable bonds is 5. The second-order valence-corrected chi connectivity index (χ2v) is 3.14. The van der Waals surface area contributed by atoms with Crippen LogP contribution in [-0.4, -0.2) is 22.4 Å². The van der Waals surface area contributed by atoms with E-state index in [9.17, 15) is 25.0 Å². The summed E-state index contributed by atoms with van der Waals surface area (Å²) in [5.74, 6) is -0.887. The maximum atomic E-state index is 11.4. The van der Waals surface area contributed by atoms with Crippen LogP contribution in [0, 0.1) is 20.2 Å². The number of carbonyl (C=O) groups excluding carboxylic acids is 1. The van der Waals surface area contributed by atoms with E-state index in [-0.39, 0.29) is 12.2 Å². The fourth-order valence-corrected chi connectivity index (χ4v) is 1.14. The molecule has 1 aromatic carbocycles. The average molecular weight is 252 g/mol. The maximum Gasteiger partial charge on any atom is 0.338 e. The number of hydrogen-bond donors (Lipinski definition) is 0. The standard InChI is InChI=1S/C10H8N2O6/c1-2-3-18-10(13)7-4-8(11(14)15)6-9(5-7)12(16)17/h2,4-6H,1,3H2. The zero-order valence-corrected chi connectivity index (χ0v) is 9.07. The van der Waals surface area contributed by atoms with Gasteiger partial charge in [0.2, 0.25) is 0 Å². The van der Waals surface area contributed by atoms with Crippen molar-refractivity contribution in [3.05, 3.63) is 56.6 Å². The highest BCUT2D eigenvalue weighted by atomic mass is 16.6. The Labute approximate surface area is 101 Å². The highest BCUT2D eigenvalue weighted by molar-refractivity contribution is 5.91. The van der Waals surface area contributed by atoms with E-state index in [1.165, 1.54) is 6.08 Å². The van der Waals surface area contributed by atoms with Crippen LogP contribution in [0.5, 0.6) is 0 Å². The lowest BCUT2D eigenvalue weighted by atomic mass is 10.2. The summed E-state index contributed by atoms with van der Waals surface area (Å²) in [6.45, 7) is 3.24. The summed E-state index contributed by atoms with van der Waals surface area (Å²) >= 11 is 0. The van der Waals surface area contributed by atoms with Crippen LogP contribution < -0.4 is 0 Å². The van der Waals surface area contributed by atoms with Crippen molar-refractivity contribution in [3.8, 4) is 0 Å². The van der Waals surface area contributed by atoms with E-state index in [0.717, 1.165) is 18.2 Å². The first-order chi connectivity index (χ1) is 8.45. The molecule has 1 aromatic rings. The molecule has 18 heavy (non-hydrogen) atoms. The molecule has 0 amide bonds. The summed E-state index contributed by atoms with van der Waals surface area (Å²) in [6, 6.07) is 2.60. The summed E-state index contributed by atoms with van der Waals surface area (Å²) in [6.07, 6.45) is 1.31. The van der Waals surface area contributed by atoms with Crippen LogP contribution in [-0.2, 0) is 4.74 Å². The van der Waals surface area contributed by atoms with E-state index in [1.807, 2.05) is 0 Å². The van der Waals surface area contributed by atoms with Crippen molar-refractivity contribution >= 4 is 17.3 Å². The molecule has 0 saturated carbocycles. The van der Waals surface area contributed by atoms with Gasteiger partial charge in [0.15, 0.2) is 0 Å². The number of nitrogens with zero attached hydrogens (tertiary/aromatic N) is 2. The number of nitro groups is 2. The molecule has 8 heteroatoms. The zero-order chi connectivity index (χ0) is 13.7. The molecule has 0 spiro atoms. The predicted molar refractivity (Wildman–Crippen MR) is 60.2 cm³/mol. The minimum Gasteiger partial charge on any atom is -0.458 e. The van der Waals surface area contributed by atoms with E-state index in [4.69, 9.17) is 0 Å². The van der Waals surface area contributed by atoms with Crippen molar-refractivity contribution in [2.24, 2.45) is 0 Å². The Morgan fingerprint density at radius 1 is 1.22 bits per heavy atom. The highest BCUT2D eigenvalue weighted by Gasteiger charge is 2.20. The third-order valence-electron chi connectivity index (χ3n) is 1.89. The van der Waals surface area contributed by atoms with Crippen LogP contribution in [0.25, 0.3) is 0 Å². The number of benzene rings is 1. The van der Waals surface area contributed by atoms with Gasteiger partial charge in [-0.2, -0.15) is 0 Å². The zero-order valence-electron chi connectivity index (χ0n) is 9.07. The van der Waals surface area contributed by atoms with Crippen LogP contribution >= 0.6 is 0 Å². The number of hydrogen-bond acceptors (Lipinski definition) is 6. The Hall–Kier alpha value is -2.77. The first-order valence-corrected chi connectivity index (χ1v) is 4.67. The first kappa shape index (κ1) is 13.3. The summed E-state index contributed by atoms with van der Waals surface area (Å²) < 4.78 is 4.64. The third-order valence-corrected chi connectivity index (χ3v) is 1.89. The van der Waals surface area contributed by atoms with Crippen LogP contribution in [0.3, 0.4) is 0 Å². The normalized spacial score (nSPS) is 9.56. The van der Waals surface area contributed by atoms with Crippen molar-refractivity contribution in [2.45, 2.75) is 0 Å². The molecule has 0 aliphatic heterocycles. The van der Waals surface area contributed by atoms with Gasteiger partial charge in [0, 0.05) is 12.1 Å². The minimum absolute atomic E-state index is 0.0880. The Kier molecular flexibility index (Phi) is 4.08. The van der Waals surface area contributed by atoms with Gasteiger partial charge < -0.3 is 4.74 Å². The smallest absolute Gasteiger partial charge is 0.338 e. The predicted octanol–water partition coefficient (Wildman–Crippen LogP) is 1.85. The second kappa shape index (κ2) is 5.53. The van der Waals surface area contributed by atoms with Gasteiger partial charge in [-0.15, -0.1) is 0 Å². The molecular formula is C10H8N2O6. The molecule has 0 fully saturated rings. The molecule has 0 aliphatic carbocycles.